The Morgan fingerprint density at radius 2 is 2.25 bits per heavy atom. The largest absolute Gasteiger partial charge is 0.338 e. The molecule has 1 aromatic carbocycles. The highest BCUT2D eigenvalue weighted by atomic mass is 35.5. The molecule has 2 N–H and O–H groups in total. The van der Waals surface area contributed by atoms with Gasteiger partial charge in [0.1, 0.15) is 5.82 Å². The van der Waals surface area contributed by atoms with Gasteiger partial charge in [-0.15, -0.1) is 0 Å². The summed E-state index contributed by atoms with van der Waals surface area (Å²) in [6, 6.07) is 3.70. The summed E-state index contributed by atoms with van der Waals surface area (Å²) < 4.78 is 13.3. The summed E-state index contributed by atoms with van der Waals surface area (Å²) in [7, 11) is 0. The van der Waals surface area contributed by atoms with E-state index in [2.05, 4.69) is 10.6 Å². The van der Waals surface area contributed by atoms with E-state index in [-0.39, 0.29) is 5.69 Å². The van der Waals surface area contributed by atoms with Crippen LogP contribution in [0.3, 0.4) is 0 Å². The molecule has 0 fully saturated rings. The predicted octanol–water partition coefficient (Wildman–Crippen LogP) is 3.40. The molecular formula is C11H14ClFN2O. The van der Waals surface area contributed by atoms with E-state index < -0.39 is 11.8 Å². The van der Waals surface area contributed by atoms with Gasteiger partial charge < -0.3 is 10.6 Å². The number of carbonyl (C=O) groups is 1. The van der Waals surface area contributed by atoms with Crippen LogP contribution in [0, 0.1) is 5.82 Å². The smallest absolute Gasteiger partial charge is 0.319 e. The van der Waals surface area contributed by atoms with Crippen molar-refractivity contribution < 1.29 is 9.18 Å². The molecule has 2 amide bonds. The Bertz CT molecular complexity index is 371. The van der Waals surface area contributed by atoms with E-state index in [0.29, 0.717) is 11.6 Å². The van der Waals surface area contributed by atoms with Crippen LogP contribution < -0.4 is 10.6 Å². The van der Waals surface area contributed by atoms with Crippen molar-refractivity contribution in [3.8, 4) is 0 Å². The maximum Gasteiger partial charge on any atom is 0.319 e. The first-order chi connectivity index (χ1) is 7.63. The number of amides is 2. The van der Waals surface area contributed by atoms with Crippen molar-refractivity contribution in [3.63, 3.8) is 0 Å². The zero-order valence-electron chi connectivity index (χ0n) is 9.02. The molecule has 1 aromatic rings. The van der Waals surface area contributed by atoms with E-state index in [9.17, 15) is 9.18 Å². The highest BCUT2D eigenvalue weighted by molar-refractivity contribution is 6.30. The third kappa shape index (κ3) is 4.06. The van der Waals surface area contributed by atoms with Gasteiger partial charge in [-0.3, -0.25) is 0 Å². The summed E-state index contributed by atoms with van der Waals surface area (Å²) in [6.07, 6.45) is 1.89. The molecular weight excluding hydrogens is 231 g/mol. The third-order valence-electron chi connectivity index (χ3n) is 2.00. The van der Waals surface area contributed by atoms with Gasteiger partial charge in [0, 0.05) is 11.6 Å². The summed E-state index contributed by atoms with van der Waals surface area (Å²) in [5, 5.41) is 5.34. The van der Waals surface area contributed by atoms with Gasteiger partial charge in [0.15, 0.2) is 0 Å². The maximum absolute atomic E-state index is 13.3. The van der Waals surface area contributed by atoms with E-state index in [0.717, 1.165) is 18.9 Å². The molecule has 0 aromatic heterocycles. The molecule has 0 radical (unpaired) electrons. The summed E-state index contributed by atoms with van der Waals surface area (Å²) in [6.45, 7) is 2.61. The zero-order valence-corrected chi connectivity index (χ0v) is 9.77. The van der Waals surface area contributed by atoms with Gasteiger partial charge in [-0.1, -0.05) is 24.9 Å². The second kappa shape index (κ2) is 6.33. The molecule has 16 heavy (non-hydrogen) atoms. The first-order valence-electron chi connectivity index (χ1n) is 5.13. The van der Waals surface area contributed by atoms with Gasteiger partial charge in [0.25, 0.3) is 0 Å². The molecule has 0 spiro atoms. The number of benzene rings is 1. The van der Waals surface area contributed by atoms with Gasteiger partial charge in [0.2, 0.25) is 0 Å². The summed E-state index contributed by atoms with van der Waals surface area (Å²) >= 11 is 5.59. The number of halogens is 2. The molecule has 0 aliphatic carbocycles. The highest BCUT2D eigenvalue weighted by Gasteiger charge is 2.06. The van der Waals surface area contributed by atoms with Gasteiger partial charge in [0.05, 0.1) is 5.69 Å². The standard InChI is InChI=1S/C11H14ClFN2O/c1-2-3-6-14-11(16)15-10-5-4-8(12)7-9(10)13/h4-5,7H,2-3,6H2,1H3,(H2,14,15,16). The van der Waals surface area contributed by atoms with Crippen LogP contribution in [-0.4, -0.2) is 12.6 Å². The fourth-order valence-electron chi connectivity index (χ4n) is 1.14. The average molecular weight is 245 g/mol. The SMILES string of the molecule is CCCCNC(=O)Nc1ccc(Cl)cc1F. The molecule has 0 saturated carbocycles. The molecule has 0 bridgehead atoms. The van der Waals surface area contributed by atoms with E-state index in [1.54, 1.807) is 0 Å². The van der Waals surface area contributed by atoms with Crippen LogP contribution in [0.15, 0.2) is 18.2 Å². The van der Waals surface area contributed by atoms with Crippen LogP contribution in [-0.2, 0) is 0 Å². The average Bonchev–Trinajstić information content (AvgIpc) is 2.23. The van der Waals surface area contributed by atoms with Crippen LogP contribution in [0.1, 0.15) is 19.8 Å². The number of nitrogens with one attached hydrogen (secondary N) is 2. The van der Waals surface area contributed by atoms with Crippen molar-refractivity contribution in [1.29, 1.82) is 0 Å². The topological polar surface area (TPSA) is 41.1 Å². The monoisotopic (exact) mass is 244 g/mol. The third-order valence-corrected chi connectivity index (χ3v) is 2.23. The number of unbranched alkanes of at least 4 members (excludes halogenated alkanes) is 1. The quantitative estimate of drug-likeness (QED) is 0.783. The molecule has 0 atom stereocenters. The number of hydrogen-bond acceptors (Lipinski definition) is 1. The molecule has 88 valence electrons. The molecule has 0 unspecified atom stereocenters. The number of rotatable bonds is 4. The first-order valence-corrected chi connectivity index (χ1v) is 5.51. The fraction of sp³-hybridized carbons (Fsp3) is 0.364. The Hall–Kier alpha value is -1.29. The molecule has 0 aliphatic heterocycles. The van der Waals surface area contributed by atoms with Crippen LogP contribution in [0.2, 0.25) is 5.02 Å². The molecule has 1 rings (SSSR count). The highest BCUT2D eigenvalue weighted by Crippen LogP contribution is 2.18. The van der Waals surface area contributed by atoms with Crippen LogP contribution in [0.4, 0.5) is 14.9 Å². The fourth-order valence-corrected chi connectivity index (χ4v) is 1.29. The Balaban J connectivity index is 2.49. The van der Waals surface area contributed by atoms with Crippen LogP contribution >= 0.6 is 11.6 Å². The van der Waals surface area contributed by atoms with Crippen molar-refractivity contribution in [2.45, 2.75) is 19.8 Å². The molecule has 5 heteroatoms. The number of carbonyl (C=O) groups excluding carboxylic acids is 1. The molecule has 0 aliphatic rings. The first kappa shape index (κ1) is 12.8. The minimum absolute atomic E-state index is 0.124. The van der Waals surface area contributed by atoms with E-state index in [1.807, 2.05) is 6.92 Å². The Kier molecular flexibility index (Phi) is 5.05. The van der Waals surface area contributed by atoms with Crippen molar-refractivity contribution in [2.24, 2.45) is 0 Å². The number of anilines is 1. The maximum atomic E-state index is 13.3. The Morgan fingerprint density at radius 1 is 1.50 bits per heavy atom. The normalized spacial score (nSPS) is 9.94. The second-order valence-electron chi connectivity index (χ2n) is 3.36. The van der Waals surface area contributed by atoms with E-state index >= 15 is 0 Å². The van der Waals surface area contributed by atoms with Crippen molar-refractivity contribution >= 4 is 23.3 Å². The number of urea groups is 1. The van der Waals surface area contributed by atoms with Gasteiger partial charge in [-0.05, 0) is 24.6 Å². The zero-order chi connectivity index (χ0) is 12.0. The lowest BCUT2D eigenvalue weighted by atomic mass is 10.3. The molecule has 3 nitrogen and oxygen atoms in total. The predicted molar refractivity (Wildman–Crippen MR) is 63.3 cm³/mol. The van der Waals surface area contributed by atoms with Gasteiger partial charge in [-0.2, -0.15) is 0 Å². The van der Waals surface area contributed by atoms with E-state index in [4.69, 9.17) is 11.6 Å². The second-order valence-corrected chi connectivity index (χ2v) is 3.80. The summed E-state index contributed by atoms with van der Waals surface area (Å²) in [5.74, 6) is -0.543. The molecule has 0 heterocycles. The minimum atomic E-state index is -0.543. The lowest BCUT2D eigenvalue weighted by Crippen LogP contribution is -2.29. The van der Waals surface area contributed by atoms with Crippen LogP contribution in [0.5, 0.6) is 0 Å². The summed E-state index contributed by atoms with van der Waals surface area (Å²) in [5.41, 5.74) is 0.124. The number of hydrogen-bond donors (Lipinski definition) is 2. The van der Waals surface area contributed by atoms with Gasteiger partial charge >= 0.3 is 6.03 Å². The van der Waals surface area contributed by atoms with Gasteiger partial charge in [-0.25, -0.2) is 9.18 Å². The van der Waals surface area contributed by atoms with Crippen molar-refractivity contribution in [3.05, 3.63) is 29.0 Å². The molecule has 0 saturated heterocycles. The Morgan fingerprint density at radius 3 is 2.88 bits per heavy atom. The lowest BCUT2D eigenvalue weighted by molar-refractivity contribution is 0.252. The van der Waals surface area contributed by atoms with E-state index in [1.165, 1.54) is 12.1 Å². The minimum Gasteiger partial charge on any atom is -0.338 e. The van der Waals surface area contributed by atoms with Crippen molar-refractivity contribution in [2.75, 3.05) is 11.9 Å². The lowest BCUT2D eigenvalue weighted by Gasteiger charge is -2.07. The Labute approximate surface area is 99.0 Å². The summed E-state index contributed by atoms with van der Waals surface area (Å²) in [4.78, 5) is 11.3. The van der Waals surface area contributed by atoms with Crippen molar-refractivity contribution in [1.82, 2.24) is 5.32 Å². The van der Waals surface area contributed by atoms with Crippen LogP contribution in [0.25, 0.3) is 0 Å².